The molecule has 1 aliphatic heterocycles. The lowest BCUT2D eigenvalue weighted by molar-refractivity contribution is -0.123. The van der Waals surface area contributed by atoms with E-state index in [1.54, 1.807) is 0 Å². The number of carbonyl (C=O) groups is 1. The fraction of sp³-hybridized carbons (Fsp3) is 0.769. The molecule has 0 saturated carbocycles. The molecule has 1 heterocycles. The first-order valence-corrected chi connectivity index (χ1v) is 6.08. The Hall–Kier alpha value is -0.630. The summed E-state index contributed by atoms with van der Waals surface area (Å²) in [5.74, 6) is 1.27. The predicted molar refractivity (Wildman–Crippen MR) is 59.6 cm³/mol. The highest BCUT2D eigenvalue weighted by Crippen LogP contribution is 2.27. The number of carbonyl (C=O) groups excluding carboxylic acids is 1. The minimum Gasteiger partial charge on any atom is -0.381 e. The zero-order valence-electron chi connectivity index (χ0n) is 9.50. The molecule has 2 unspecified atom stereocenters. The minimum absolute atomic E-state index is 0.151. The monoisotopic (exact) mass is 208 g/mol. The molecule has 1 aliphatic carbocycles. The molecule has 0 aromatic heterocycles. The Kier molecular flexibility index (Phi) is 3.57. The fourth-order valence-corrected chi connectivity index (χ4v) is 2.40. The molecule has 0 spiro atoms. The number of rotatable bonds is 2. The van der Waals surface area contributed by atoms with Gasteiger partial charge in [-0.05, 0) is 43.6 Å². The van der Waals surface area contributed by atoms with Crippen LogP contribution in [0.15, 0.2) is 11.6 Å². The van der Waals surface area contributed by atoms with Crippen LogP contribution in [0.4, 0.5) is 0 Å². The first-order chi connectivity index (χ1) is 7.27. The predicted octanol–water partition coefficient (Wildman–Crippen LogP) is 2.73. The van der Waals surface area contributed by atoms with Crippen LogP contribution in [0.25, 0.3) is 0 Å². The summed E-state index contributed by atoms with van der Waals surface area (Å²) in [6, 6.07) is 0. The maximum absolute atomic E-state index is 12.1. The average molecular weight is 208 g/mol. The summed E-state index contributed by atoms with van der Waals surface area (Å²) in [6.07, 6.45) is 7.45. The normalized spacial score (nSPS) is 32.2. The zero-order valence-corrected chi connectivity index (χ0v) is 9.50. The van der Waals surface area contributed by atoms with E-state index >= 15 is 0 Å². The SMILES string of the molecule is CC1CC=C(C(=O)C2CCCOC2)CC1. The molecule has 2 heteroatoms. The summed E-state index contributed by atoms with van der Waals surface area (Å²) in [4.78, 5) is 12.1. The number of Topliss-reactive ketones (excluding diaryl/α,β-unsaturated/α-hetero) is 1. The fourth-order valence-electron chi connectivity index (χ4n) is 2.40. The zero-order chi connectivity index (χ0) is 10.7. The van der Waals surface area contributed by atoms with E-state index in [4.69, 9.17) is 4.74 Å². The topological polar surface area (TPSA) is 26.3 Å². The molecule has 0 N–H and O–H groups in total. The maximum atomic E-state index is 12.1. The molecule has 0 bridgehead atoms. The van der Waals surface area contributed by atoms with E-state index in [1.165, 1.54) is 6.42 Å². The molecular formula is C13H20O2. The molecule has 0 aromatic carbocycles. The molecule has 2 aliphatic rings. The van der Waals surface area contributed by atoms with E-state index in [9.17, 15) is 4.79 Å². The second-order valence-electron chi connectivity index (χ2n) is 4.89. The van der Waals surface area contributed by atoms with Gasteiger partial charge in [0.25, 0.3) is 0 Å². The van der Waals surface area contributed by atoms with Gasteiger partial charge in [0.2, 0.25) is 0 Å². The molecular weight excluding hydrogens is 188 g/mol. The van der Waals surface area contributed by atoms with Gasteiger partial charge in [0.15, 0.2) is 5.78 Å². The van der Waals surface area contributed by atoms with Crippen molar-refractivity contribution in [2.75, 3.05) is 13.2 Å². The summed E-state index contributed by atoms with van der Waals surface area (Å²) in [6.45, 7) is 3.73. The second-order valence-corrected chi connectivity index (χ2v) is 4.89. The Labute approximate surface area is 91.7 Å². The van der Waals surface area contributed by atoms with Gasteiger partial charge in [0, 0.05) is 12.5 Å². The van der Waals surface area contributed by atoms with Gasteiger partial charge in [-0.3, -0.25) is 4.79 Å². The largest absolute Gasteiger partial charge is 0.381 e. The van der Waals surface area contributed by atoms with E-state index in [2.05, 4.69) is 13.0 Å². The van der Waals surface area contributed by atoms with E-state index < -0.39 is 0 Å². The third-order valence-corrected chi connectivity index (χ3v) is 3.52. The van der Waals surface area contributed by atoms with Gasteiger partial charge in [-0.15, -0.1) is 0 Å². The molecule has 84 valence electrons. The summed E-state index contributed by atoms with van der Waals surface area (Å²) < 4.78 is 5.37. The Balaban J connectivity index is 1.95. The van der Waals surface area contributed by atoms with Crippen molar-refractivity contribution in [1.82, 2.24) is 0 Å². The van der Waals surface area contributed by atoms with E-state index in [-0.39, 0.29) is 5.92 Å². The van der Waals surface area contributed by atoms with Gasteiger partial charge in [0.1, 0.15) is 0 Å². The van der Waals surface area contributed by atoms with Crippen molar-refractivity contribution in [3.63, 3.8) is 0 Å². The third-order valence-electron chi connectivity index (χ3n) is 3.52. The lowest BCUT2D eigenvalue weighted by atomic mass is 9.84. The first kappa shape index (κ1) is 10.9. The molecule has 2 atom stereocenters. The van der Waals surface area contributed by atoms with Crippen molar-refractivity contribution in [2.24, 2.45) is 11.8 Å². The summed E-state index contributed by atoms with van der Waals surface area (Å²) in [7, 11) is 0. The van der Waals surface area contributed by atoms with Crippen molar-refractivity contribution in [3.05, 3.63) is 11.6 Å². The quantitative estimate of drug-likeness (QED) is 0.697. The molecule has 0 amide bonds. The number of ether oxygens (including phenoxy) is 1. The second kappa shape index (κ2) is 4.93. The molecule has 15 heavy (non-hydrogen) atoms. The van der Waals surface area contributed by atoms with Crippen molar-refractivity contribution >= 4 is 5.78 Å². The van der Waals surface area contributed by atoms with Crippen molar-refractivity contribution in [3.8, 4) is 0 Å². The molecule has 2 rings (SSSR count). The van der Waals surface area contributed by atoms with Crippen LogP contribution in [0.5, 0.6) is 0 Å². The third kappa shape index (κ3) is 2.69. The van der Waals surface area contributed by atoms with Crippen molar-refractivity contribution in [1.29, 1.82) is 0 Å². The molecule has 1 saturated heterocycles. The Morgan fingerprint density at radius 2 is 2.33 bits per heavy atom. The standard InChI is InChI=1S/C13H20O2/c1-10-4-6-11(7-5-10)13(14)12-3-2-8-15-9-12/h6,10,12H,2-5,7-9H2,1H3. The number of hydrogen-bond donors (Lipinski definition) is 0. The Bertz CT molecular complexity index is 262. The van der Waals surface area contributed by atoms with Gasteiger partial charge in [-0.25, -0.2) is 0 Å². The van der Waals surface area contributed by atoms with Crippen molar-refractivity contribution in [2.45, 2.75) is 39.0 Å². The average Bonchev–Trinajstić information content (AvgIpc) is 2.30. The summed E-state index contributed by atoms with van der Waals surface area (Å²) in [5, 5.41) is 0. The van der Waals surface area contributed by atoms with E-state index in [0.29, 0.717) is 12.4 Å². The van der Waals surface area contributed by atoms with Crippen LogP contribution in [0.2, 0.25) is 0 Å². The summed E-state index contributed by atoms with van der Waals surface area (Å²) >= 11 is 0. The number of hydrogen-bond acceptors (Lipinski definition) is 2. The van der Waals surface area contributed by atoms with Crippen LogP contribution < -0.4 is 0 Å². The number of ketones is 1. The highest BCUT2D eigenvalue weighted by molar-refractivity contribution is 5.97. The molecule has 1 fully saturated rings. The van der Waals surface area contributed by atoms with Gasteiger partial charge < -0.3 is 4.74 Å². The smallest absolute Gasteiger partial charge is 0.163 e. The van der Waals surface area contributed by atoms with Crippen molar-refractivity contribution < 1.29 is 9.53 Å². The Morgan fingerprint density at radius 1 is 1.47 bits per heavy atom. The van der Waals surface area contributed by atoms with Gasteiger partial charge in [-0.1, -0.05) is 13.0 Å². The first-order valence-electron chi connectivity index (χ1n) is 6.08. The van der Waals surface area contributed by atoms with Crippen LogP contribution in [0.3, 0.4) is 0 Å². The van der Waals surface area contributed by atoms with E-state index in [0.717, 1.165) is 43.8 Å². The lowest BCUT2D eigenvalue weighted by Gasteiger charge is -2.24. The van der Waals surface area contributed by atoms with Crippen LogP contribution in [-0.2, 0) is 9.53 Å². The lowest BCUT2D eigenvalue weighted by Crippen LogP contribution is -2.27. The van der Waals surface area contributed by atoms with Gasteiger partial charge in [-0.2, -0.15) is 0 Å². The van der Waals surface area contributed by atoms with Crippen LogP contribution >= 0.6 is 0 Å². The highest BCUT2D eigenvalue weighted by Gasteiger charge is 2.25. The van der Waals surface area contributed by atoms with Crippen LogP contribution in [-0.4, -0.2) is 19.0 Å². The van der Waals surface area contributed by atoms with Crippen LogP contribution in [0.1, 0.15) is 39.0 Å². The molecule has 0 radical (unpaired) electrons. The number of allylic oxidation sites excluding steroid dienone is 2. The highest BCUT2D eigenvalue weighted by atomic mass is 16.5. The van der Waals surface area contributed by atoms with Gasteiger partial charge in [0.05, 0.1) is 6.61 Å². The molecule has 2 nitrogen and oxygen atoms in total. The minimum atomic E-state index is 0.151. The van der Waals surface area contributed by atoms with Gasteiger partial charge >= 0.3 is 0 Å². The van der Waals surface area contributed by atoms with E-state index in [1.807, 2.05) is 0 Å². The molecule has 0 aromatic rings. The van der Waals surface area contributed by atoms with Crippen LogP contribution in [0, 0.1) is 11.8 Å². The Morgan fingerprint density at radius 3 is 2.93 bits per heavy atom. The maximum Gasteiger partial charge on any atom is 0.163 e. The summed E-state index contributed by atoms with van der Waals surface area (Å²) in [5.41, 5.74) is 1.07.